The summed E-state index contributed by atoms with van der Waals surface area (Å²) in [6, 6.07) is 12.3. The summed E-state index contributed by atoms with van der Waals surface area (Å²) in [6.07, 6.45) is 3.89. The summed E-state index contributed by atoms with van der Waals surface area (Å²) >= 11 is 1.95. The summed E-state index contributed by atoms with van der Waals surface area (Å²) in [6.45, 7) is 4.69. The molecule has 0 spiro atoms. The second-order valence-electron chi connectivity index (χ2n) is 5.86. The van der Waals surface area contributed by atoms with Gasteiger partial charge in [0.05, 0.1) is 0 Å². The molecule has 3 rings (SSSR count). The van der Waals surface area contributed by atoms with Crippen LogP contribution in [-0.2, 0) is 0 Å². The number of fused-ring (bicyclic) bond motifs is 1. The standard InChI is InChI=1S/C17H24N2S/c1-13(19(2)15-7-5-10-18-11-9-15)17-12-14-6-3-4-8-16(14)20-17/h3-4,6,8,12-13,15,18H,5,7,9-11H2,1-2H3. The highest BCUT2D eigenvalue weighted by molar-refractivity contribution is 7.19. The molecule has 108 valence electrons. The zero-order valence-electron chi connectivity index (χ0n) is 12.4. The van der Waals surface area contributed by atoms with Crippen LogP contribution in [0, 0.1) is 0 Å². The second-order valence-corrected chi connectivity index (χ2v) is 6.98. The smallest absolute Gasteiger partial charge is 0.0413 e. The van der Waals surface area contributed by atoms with Gasteiger partial charge in [-0.15, -0.1) is 11.3 Å². The largest absolute Gasteiger partial charge is 0.317 e. The first-order valence-electron chi connectivity index (χ1n) is 7.67. The van der Waals surface area contributed by atoms with Gasteiger partial charge in [0.2, 0.25) is 0 Å². The number of thiophene rings is 1. The predicted octanol–water partition coefficient (Wildman–Crippen LogP) is 4.04. The van der Waals surface area contributed by atoms with Crippen molar-refractivity contribution in [1.29, 1.82) is 0 Å². The Morgan fingerprint density at radius 3 is 2.95 bits per heavy atom. The molecule has 2 nitrogen and oxygen atoms in total. The average molecular weight is 288 g/mol. The first-order chi connectivity index (χ1) is 9.75. The van der Waals surface area contributed by atoms with Crippen LogP contribution in [0.1, 0.15) is 37.1 Å². The molecule has 1 aliphatic rings. The molecule has 0 saturated carbocycles. The van der Waals surface area contributed by atoms with E-state index in [4.69, 9.17) is 0 Å². The van der Waals surface area contributed by atoms with Gasteiger partial charge in [-0.05, 0) is 63.8 Å². The molecule has 1 N–H and O–H groups in total. The van der Waals surface area contributed by atoms with Crippen molar-refractivity contribution < 1.29 is 0 Å². The molecule has 1 aliphatic heterocycles. The highest BCUT2D eigenvalue weighted by Crippen LogP contribution is 2.33. The number of nitrogens with one attached hydrogen (secondary N) is 1. The predicted molar refractivity (Wildman–Crippen MR) is 88.5 cm³/mol. The molecule has 0 amide bonds. The lowest BCUT2D eigenvalue weighted by Crippen LogP contribution is -2.34. The normalized spacial score (nSPS) is 22.1. The fraction of sp³-hybridized carbons (Fsp3) is 0.529. The summed E-state index contributed by atoms with van der Waals surface area (Å²) in [4.78, 5) is 4.07. The molecule has 2 aromatic rings. The zero-order chi connectivity index (χ0) is 13.9. The first-order valence-corrected chi connectivity index (χ1v) is 8.48. The van der Waals surface area contributed by atoms with E-state index in [1.54, 1.807) is 0 Å². The molecule has 0 radical (unpaired) electrons. The van der Waals surface area contributed by atoms with Crippen molar-refractivity contribution in [2.45, 2.75) is 38.3 Å². The van der Waals surface area contributed by atoms with Crippen LogP contribution in [0.25, 0.3) is 10.1 Å². The minimum Gasteiger partial charge on any atom is -0.317 e. The molecule has 0 bridgehead atoms. The lowest BCUT2D eigenvalue weighted by atomic mass is 10.1. The minimum absolute atomic E-state index is 0.510. The van der Waals surface area contributed by atoms with Gasteiger partial charge in [0, 0.05) is 21.7 Å². The summed E-state index contributed by atoms with van der Waals surface area (Å²) in [7, 11) is 2.30. The Balaban J connectivity index is 1.77. The van der Waals surface area contributed by atoms with E-state index in [9.17, 15) is 0 Å². The van der Waals surface area contributed by atoms with Crippen LogP contribution in [0.2, 0.25) is 0 Å². The van der Waals surface area contributed by atoms with Crippen LogP contribution in [0.15, 0.2) is 30.3 Å². The van der Waals surface area contributed by atoms with Crippen LogP contribution in [0.3, 0.4) is 0 Å². The van der Waals surface area contributed by atoms with Crippen LogP contribution in [0.5, 0.6) is 0 Å². The van der Waals surface area contributed by atoms with E-state index in [1.807, 2.05) is 11.3 Å². The number of rotatable bonds is 3. The van der Waals surface area contributed by atoms with Crippen LogP contribution in [0.4, 0.5) is 0 Å². The first kappa shape index (κ1) is 14.1. The van der Waals surface area contributed by atoms with Gasteiger partial charge in [-0.1, -0.05) is 18.2 Å². The highest BCUT2D eigenvalue weighted by Gasteiger charge is 2.23. The summed E-state index contributed by atoms with van der Waals surface area (Å²) in [5, 5.41) is 4.89. The average Bonchev–Trinajstić information content (AvgIpc) is 2.72. The SMILES string of the molecule is CC(c1cc2ccccc2s1)N(C)C1CCCNCC1. The van der Waals surface area contributed by atoms with Crippen LogP contribution < -0.4 is 5.32 Å². The maximum atomic E-state index is 3.51. The molecule has 3 heteroatoms. The Morgan fingerprint density at radius 1 is 1.25 bits per heavy atom. The van der Waals surface area contributed by atoms with Gasteiger partial charge in [-0.3, -0.25) is 4.90 Å². The van der Waals surface area contributed by atoms with E-state index in [1.165, 1.54) is 40.8 Å². The molecular weight excluding hydrogens is 264 g/mol. The number of benzene rings is 1. The zero-order valence-corrected chi connectivity index (χ0v) is 13.2. The molecule has 1 fully saturated rings. The lowest BCUT2D eigenvalue weighted by molar-refractivity contribution is 0.173. The van der Waals surface area contributed by atoms with E-state index in [2.05, 4.69) is 54.5 Å². The monoisotopic (exact) mass is 288 g/mol. The fourth-order valence-electron chi connectivity index (χ4n) is 3.13. The lowest BCUT2D eigenvalue weighted by Gasteiger charge is -2.32. The van der Waals surface area contributed by atoms with E-state index in [0.29, 0.717) is 12.1 Å². The summed E-state index contributed by atoms with van der Waals surface area (Å²) in [5.41, 5.74) is 0. The van der Waals surface area contributed by atoms with Gasteiger partial charge < -0.3 is 5.32 Å². The van der Waals surface area contributed by atoms with Crippen molar-refractivity contribution in [3.05, 3.63) is 35.2 Å². The Hall–Kier alpha value is -0.900. The third-order valence-corrected chi connectivity index (χ3v) is 5.87. The molecule has 2 heterocycles. The third-order valence-electron chi connectivity index (χ3n) is 4.59. The van der Waals surface area contributed by atoms with Crippen molar-refractivity contribution >= 4 is 21.4 Å². The topological polar surface area (TPSA) is 15.3 Å². The Labute approximate surface area is 125 Å². The molecular formula is C17H24N2S. The van der Waals surface area contributed by atoms with E-state index >= 15 is 0 Å². The molecule has 2 unspecified atom stereocenters. The van der Waals surface area contributed by atoms with Gasteiger partial charge in [0.25, 0.3) is 0 Å². The van der Waals surface area contributed by atoms with Gasteiger partial charge in [-0.2, -0.15) is 0 Å². The van der Waals surface area contributed by atoms with Gasteiger partial charge in [-0.25, -0.2) is 0 Å². The maximum absolute atomic E-state index is 3.51. The number of nitrogens with zero attached hydrogens (tertiary/aromatic N) is 1. The maximum Gasteiger partial charge on any atom is 0.0413 e. The summed E-state index contributed by atoms with van der Waals surface area (Å²) in [5.74, 6) is 0. The molecule has 1 aromatic carbocycles. The van der Waals surface area contributed by atoms with Crippen molar-refractivity contribution in [3.63, 3.8) is 0 Å². The highest BCUT2D eigenvalue weighted by atomic mass is 32.1. The van der Waals surface area contributed by atoms with Crippen LogP contribution in [-0.4, -0.2) is 31.1 Å². The van der Waals surface area contributed by atoms with Crippen molar-refractivity contribution in [2.75, 3.05) is 20.1 Å². The summed E-state index contributed by atoms with van der Waals surface area (Å²) < 4.78 is 1.41. The van der Waals surface area contributed by atoms with E-state index < -0.39 is 0 Å². The van der Waals surface area contributed by atoms with Crippen molar-refractivity contribution in [1.82, 2.24) is 10.2 Å². The molecule has 20 heavy (non-hydrogen) atoms. The number of hydrogen-bond donors (Lipinski definition) is 1. The van der Waals surface area contributed by atoms with Crippen molar-refractivity contribution in [3.8, 4) is 0 Å². The third kappa shape index (κ3) is 2.90. The Kier molecular flexibility index (Phi) is 4.39. The minimum atomic E-state index is 0.510. The van der Waals surface area contributed by atoms with Crippen LogP contribution >= 0.6 is 11.3 Å². The van der Waals surface area contributed by atoms with E-state index in [0.717, 1.165) is 6.54 Å². The fourth-order valence-corrected chi connectivity index (χ4v) is 4.30. The quantitative estimate of drug-likeness (QED) is 0.917. The second kappa shape index (κ2) is 6.25. The Morgan fingerprint density at radius 2 is 2.10 bits per heavy atom. The molecule has 2 atom stereocenters. The Bertz CT molecular complexity index is 522. The van der Waals surface area contributed by atoms with Gasteiger partial charge >= 0.3 is 0 Å². The molecule has 0 aliphatic carbocycles. The van der Waals surface area contributed by atoms with Gasteiger partial charge in [0.15, 0.2) is 0 Å². The van der Waals surface area contributed by atoms with E-state index in [-0.39, 0.29) is 0 Å². The molecule has 1 aromatic heterocycles. The number of hydrogen-bond acceptors (Lipinski definition) is 3. The van der Waals surface area contributed by atoms with Gasteiger partial charge in [0.1, 0.15) is 0 Å². The molecule has 1 saturated heterocycles. The van der Waals surface area contributed by atoms with Crippen molar-refractivity contribution in [2.24, 2.45) is 0 Å².